The Labute approximate surface area is 117 Å². The molecule has 0 atom stereocenters. The average Bonchev–Trinajstić information content (AvgIpc) is 2.95. The van der Waals surface area contributed by atoms with Crippen LogP contribution in [0.2, 0.25) is 0 Å². The maximum atomic E-state index is 13.9. The molecular weight excluding hydrogens is 282 g/mol. The molecule has 7 heteroatoms. The smallest absolute Gasteiger partial charge is 0.201 e. The van der Waals surface area contributed by atoms with Crippen molar-refractivity contribution >= 4 is 28.3 Å². The minimum Gasteiger partial charge on any atom is -0.369 e. The third-order valence-electron chi connectivity index (χ3n) is 3.05. The second-order valence-electron chi connectivity index (χ2n) is 4.48. The van der Waals surface area contributed by atoms with E-state index in [0.29, 0.717) is 18.5 Å². The standard InChI is InChI=1S/C13H12F2N4S/c1-7-6-20-10(17-7)4-5-19-12-9(18-13(19)16)3-2-8(14)11(12)15/h2-3,6H,4-5H2,1H3,(H2,16,18). The zero-order valence-electron chi connectivity index (χ0n) is 10.7. The Kier molecular flexibility index (Phi) is 3.13. The van der Waals surface area contributed by atoms with E-state index in [1.807, 2.05) is 12.3 Å². The molecule has 0 spiro atoms. The van der Waals surface area contributed by atoms with E-state index in [1.54, 1.807) is 0 Å². The molecule has 2 heterocycles. The number of halogens is 2. The number of nitrogens with two attached hydrogens (primary N) is 1. The number of imidazole rings is 1. The number of nitrogens with zero attached hydrogens (tertiary/aromatic N) is 3. The number of fused-ring (bicyclic) bond motifs is 1. The summed E-state index contributed by atoms with van der Waals surface area (Å²) in [6, 6.07) is 2.48. The molecule has 2 aromatic heterocycles. The first-order valence-electron chi connectivity index (χ1n) is 6.07. The third kappa shape index (κ3) is 2.14. The molecule has 0 aliphatic heterocycles. The zero-order chi connectivity index (χ0) is 14.3. The highest BCUT2D eigenvalue weighted by molar-refractivity contribution is 7.09. The summed E-state index contributed by atoms with van der Waals surface area (Å²) in [6.07, 6.45) is 0.601. The fraction of sp³-hybridized carbons (Fsp3) is 0.231. The van der Waals surface area contributed by atoms with E-state index in [4.69, 9.17) is 5.73 Å². The number of benzene rings is 1. The van der Waals surface area contributed by atoms with Gasteiger partial charge in [0.15, 0.2) is 11.6 Å². The molecule has 3 aromatic rings. The molecule has 0 bridgehead atoms. The average molecular weight is 294 g/mol. The molecule has 20 heavy (non-hydrogen) atoms. The monoisotopic (exact) mass is 294 g/mol. The van der Waals surface area contributed by atoms with Crippen molar-refractivity contribution in [3.63, 3.8) is 0 Å². The lowest BCUT2D eigenvalue weighted by Crippen LogP contribution is -2.07. The number of anilines is 1. The van der Waals surface area contributed by atoms with Gasteiger partial charge in [0.25, 0.3) is 0 Å². The van der Waals surface area contributed by atoms with E-state index >= 15 is 0 Å². The van der Waals surface area contributed by atoms with Gasteiger partial charge in [-0.15, -0.1) is 11.3 Å². The molecule has 2 N–H and O–H groups in total. The molecule has 104 valence electrons. The molecule has 0 saturated carbocycles. The minimum atomic E-state index is -0.915. The number of aromatic nitrogens is 3. The molecule has 0 radical (unpaired) electrons. The van der Waals surface area contributed by atoms with Crippen molar-refractivity contribution in [1.82, 2.24) is 14.5 Å². The lowest BCUT2D eigenvalue weighted by atomic mass is 10.3. The molecule has 0 saturated heterocycles. The number of thiazole rings is 1. The van der Waals surface area contributed by atoms with Crippen LogP contribution in [-0.2, 0) is 13.0 Å². The van der Waals surface area contributed by atoms with Gasteiger partial charge in [-0.1, -0.05) is 0 Å². The fourth-order valence-corrected chi connectivity index (χ4v) is 2.89. The van der Waals surface area contributed by atoms with E-state index in [0.717, 1.165) is 16.8 Å². The van der Waals surface area contributed by atoms with Crippen LogP contribution in [0.1, 0.15) is 10.7 Å². The Bertz CT molecular complexity index is 778. The van der Waals surface area contributed by atoms with Crippen LogP contribution in [0.25, 0.3) is 11.0 Å². The number of nitrogen functional groups attached to an aromatic ring is 1. The highest BCUT2D eigenvalue weighted by Gasteiger charge is 2.16. The van der Waals surface area contributed by atoms with Crippen LogP contribution in [0.5, 0.6) is 0 Å². The second-order valence-corrected chi connectivity index (χ2v) is 5.43. The minimum absolute atomic E-state index is 0.107. The lowest BCUT2D eigenvalue weighted by Gasteiger charge is -2.05. The van der Waals surface area contributed by atoms with Gasteiger partial charge >= 0.3 is 0 Å². The van der Waals surface area contributed by atoms with Crippen LogP contribution in [0, 0.1) is 18.6 Å². The maximum absolute atomic E-state index is 13.9. The van der Waals surface area contributed by atoms with Gasteiger partial charge < -0.3 is 10.3 Å². The Hall–Kier alpha value is -2.02. The van der Waals surface area contributed by atoms with Crippen molar-refractivity contribution in [3.05, 3.63) is 39.8 Å². The Morgan fingerprint density at radius 3 is 2.80 bits per heavy atom. The maximum Gasteiger partial charge on any atom is 0.201 e. The van der Waals surface area contributed by atoms with Gasteiger partial charge in [-0.3, -0.25) is 0 Å². The SMILES string of the molecule is Cc1csc(CCn2c(N)nc3ccc(F)c(F)c32)n1. The van der Waals surface area contributed by atoms with Crippen LogP contribution in [-0.4, -0.2) is 14.5 Å². The number of aryl methyl sites for hydroxylation is 3. The second kappa shape index (κ2) is 4.82. The summed E-state index contributed by atoms with van der Waals surface area (Å²) in [6.45, 7) is 2.33. The molecule has 0 fully saturated rings. The van der Waals surface area contributed by atoms with Crippen LogP contribution < -0.4 is 5.73 Å². The van der Waals surface area contributed by atoms with Crippen molar-refractivity contribution in [2.75, 3.05) is 5.73 Å². The van der Waals surface area contributed by atoms with Gasteiger partial charge in [0.05, 0.1) is 10.5 Å². The Morgan fingerprint density at radius 2 is 2.10 bits per heavy atom. The van der Waals surface area contributed by atoms with E-state index in [-0.39, 0.29) is 11.5 Å². The highest BCUT2D eigenvalue weighted by Crippen LogP contribution is 2.23. The summed E-state index contributed by atoms with van der Waals surface area (Å²) in [5, 5.41) is 2.88. The molecule has 0 amide bonds. The van der Waals surface area contributed by atoms with Crippen LogP contribution in [0.4, 0.5) is 14.7 Å². The Balaban J connectivity index is 1.98. The number of hydrogen-bond donors (Lipinski definition) is 1. The van der Waals surface area contributed by atoms with Crippen molar-refractivity contribution in [2.24, 2.45) is 0 Å². The van der Waals surface area contributed by atoms with Gasteiger partial charge in [-0.25, -0.2) is 18.7 Å². The summed E-state index contributed by atoms with van der Waals surface area (Å²) >= 11 is 1.54. The Morgan fingerprint density at radius 1 is 1.30 bits per heavy atom. The van der Waals surface area contributed by atoms with E-state index < -0.39 is 11.6 Å². The first kappa shape index (κ1) is 13.0. The number of rotatable bonds is 3. The van der Waals surface area contributed by atoms with Gasteiger partial charge in [0, 0.05) is 24.0 Å². The quantitative estimate of drug-likeness (QED) is 0.808. The molecule has 3 rings (SSSR count). The van der Waals surface area contributed by atoms with Crippen LogP contribution in [0.3, 0.4) is 0 Å². The predicted octanol–water partition coefficient (Wildman–Crippen LogP) is 2.90. The topological polar surface area (TPSA) is 56.7 Å². The lowest BCUT2D eigenvalue weighted by molar-refractivity contribution is 0.511. The van der Waals surface area contributed by atoms with Crippen molar-refractivity contribution in [2.45, 2.75) is 19.9 Å². The summed E-state index contributed by atoms with van der Waals surface area (Å²) in [5.41, 5.74) is 7.20. The first-order valence-corrected chi connectivity index (χ1v) is 6.95. The van der Waals surface area contributed by atoms with E-state index in [9.17, 15) is 8.78 Å². The van der Waals surface area contributed by atoms with Crippen LogP contribution >= 0.6 is 11.3 Å². The van der Waals surface area contributed by atoms with Crippen molar-refractivity contribution in [3.8, 4) is 0 Å². The van der Waals surface area contributed by atoms with Gasteiger partial charge in [-0.05, 0) is 19.1 Å². The van der Waals surface area contributed by atoms with E-state index in [2.05, 4.69) is 9.97 Å². The van der Waals surface area contributed by atoms with Gasteiger partial charge in [0.2, 0.25) is 5.95 Å². The number of hydrogen-bond acceptors (Lipinski definition) is 4. The van der Waals surface area contributed by atoms with Crippen molar-refractivity contribution < 1.29 is 8.78 Å². The van der Waals surface area contributed by atoms with Crippen molar-refractivity contribution in [1.29, 1.82) is 0 Å². The third-order valence-corrected chi connectivity index (χ3v) is 4.07. The summed E-state index contributed by atoms with van der Waals surface area (Å²) in [5.74, 6) is -1.64. The summed E-state index contributed by atoms with van der Waals surface area (Å²) in [4.78, 5) is 8.39. The van der Waals surface area contributed by atoms with Gasteiger partial charge in [-0.2, -0.15) is 0 Å². The molecule has 1 aromatic carbocycles. The fourth-order valence-electron chi connectivity index (χ4n) is 2.13. The van der Waals surface area contributed by atoms with Gasteiger partial charge in [0.1, 0.15) is 5.52 Å². The molecular formula is C13H12F2N4S. The normalized spacial score (nSPS) is 11.3. The first-order chi connectivity index (χ1) is 9.56. The molecule has 0 aliphatic rings. The van der Waals surface area contributed by atoms with Crippen LogP contribution in [0.15, 0.2) is 17.5 Å². The highest BCUT2D eigenvalue weighted by atomic mass is 32.1. The largest absolute Gasteiger partial charge is 0.369 e. The molecule has 0 unspecified atom stereocenters. The summed E-state index contributed by atoms with van der Waals surface area (Å²) in [7, 11) is 0. The summed E-state index contributed by atoms with van der Waals surface area (Å²) < 4.78 is 28.7. The van der Waals surface area contributed by atoms with E-state index in [1.165, 1.54) is 22.0 Å². The predicted molar refractivity (Wildman–Crippen MR) is 74.6 cm³/mol. The molecule has 4 nitrogen and oxygen atoms in total. The molecule has 0 aliphatic carbocycles. The zero-order valence-corrected chi connectivity index (χ0v) is 11.5.